The van der Waals surface area contributed by atoms with E-state index < -0.39 is 13.5 Å². The number of hydrogen-bond acceptors (Lipinski definition) is 0. The molecule has 0 amide bonds. The van der Waals surface area contributed by atoms with Crippen molar-refractivity contribution in [2.45, 2.75) is 26.2 Å². The van der Waals surface area contributed by atoms with Crippen molar-refractivity contribution in [1.29, 1.82) is 0 Å². The SMILES string of the molecule is CC(C)(C)c1ccc([P+](F)(F)F)cc1. The van der Waals surface area contributed by atoms with Gasteiger partial charge in [0.15, 0.2) is 5.30 Å². The summed E-state index contributed by atoms with van der Waals surface area (Å²) >= 11 is 0. The number of hydrogen-bond donors (Lipinski definition) is 0. The van der Waals surface area contributed by atoms with Gasteiger partial charge in [-0.25, -0.2) is 0 Å². The molecule has 0 aromatic heterocycles. The summed E-state index contributed by atoms with van der Waals surface area (Å²) < 4.78 is 37.0. The largest absolute Gasteiger partial charge is 0.602 e. The number of halogens is 3. The summed E-state index contributed by atoms with van der Waals surface area (Å²) in [4.78, 5) is 0. The van der Waals surface area contributed by atoms with Crippen molar-refractivity contribution in [2.75, 3.05) is 0 Å². The first kappa shape index (κ1) is 11.5. The van der Waals surface area contributed by atoms with Crippen molar-refractivity contribution < 1.29 is 12.6 Å². The molecule has 1 rings (SSSR count). The molecule has 0 nitrogen and oxygen atoms in total. The summed E-state index contributed by atoms with van der Waals surface area (Å²) in [7, 11) is -5.34. The highest BCUT2D eigenvalue weighted by molar-refractivity contribution is 7.68. The maximum Gasteiger partial charge on any atom is 0.602 e. The molecule has 1 aromatic rings. The minimum absolute atomic E-state index is 0.0947. The summed E-state index contributed by atoms with van der Waals surface area (Å²) in [6.45, 7) is 5.93. The summed E-state index contributed by atoms with van der Waals surface area (Å²) in [6, 6.07) is 5.47. The van der Waals surface area contributed by atoms with Gasteiger partial charge in [-0.2, -0.15) is 0 Å². The maximum atomic E-state index is 12.3. The fourth-order valence-electron chi connectivity index (χ4n) is 1.13. The lowest BCUT2D eigenvalue weighted by atomic mass is 9.87. The Kier molecular flexibility index (Phi) is 2.91. The molecule has 14 heavy (non-hydrogen) atoms. The average molecular weight is 221 g/mol. The Morgan fingerprint density at radius 1 is 0.929 bits per heavy atom. The Hall–Kier alpha value is -0.560. The van der Waals surface area contributed by atoms with E-state index >= 15 is 0 Å². The van der Waals surface area contributed by atoms with Gasteiger partial charge in [-0.05, 0) is 23.1 Å². The molecule has 0 saturated carbocycles. The maximum absolute atomic E-state index is 12.3. The van der Waals surface area contributed by atoms with Crippen LogP contribution in [0.25, 0.3) is 0 Å². The second-order valence-electron chi connectivity index (χ2n) is 4.24. The van der Waals surface area contributed by atoms with Crippen LogP contribution in [0.5, 0.6) is 0 Å². The number of rotatable bonds is 1. The van der Waals surface area contributed by atoms with Gasteiger partial charge in [0.05, 0.1) is 0 Å². The molecule has 4 heteroatoms. The van der Waals surface area contributed by atoms with E-state index in [1.165, 1.54) is 12.1 Å². The lowest BCUT2D eigenvalue weighted by molar-refractivity contribution is 0.589. The van der Waals surface area contributed by atoms with Crippen LogP contribution in [0.1, 0.15) is 26.3 Å². The fraction of sp³-hybridized carbons (Fsp3) is 0.400. The van der Waals surface area contributed by atoms with Crippen LogP contribution < -0.4 is 5.30 Å². The Morgan fingerprint density at radius 3 is 1.64 bits per heavy atom. The Bertz CT molecular complexity index is 273. The van der Waals surface area contributed by atoms with Crippen molar-refractivity contribution >= 4 is 13.5 Å². The summed E-state index contributed by atoms with van der Waals surface area (Å²) in [5, 5.41) is -0.481. The molecule has 0 bridgehead atoms. The molecule has 0 heterocycles. The van der Waals surface area contributed by atoms with Crippen molar-refractivity contribution in [3.8, 4) is 0 Å². The van der Waals surface area contributed by atoms with E-state index in [1.807, 2.05) is 20.8 Å². The standard InChI is InChI=1S/C10H13F3P/c1-10(2,3)8-4-6-9(7-5-8)14(11,12)13/h4-7H,1-3H3/q+1. The molecule has 0 radical (unpaired) electrons. The highest BCUT2D eigenvalue weighted by Crippen LogP contribution is 2.62. The van der Waals surface area contributed by atoms with Crippen LogP contribution in [0.4, 0.5) is 12.6 Å². The predicted molar refractivity (Wildman–Crippen MR) is 55.0 cm³/mol. The monoisotopic (exact) mass is 221 g/mol. The summed E-state index contributed by atoms with van der Waals surface area (Å²) in [5.74, 6) is 0. The third-order valence-corrected chi connectivity index (χ3v) is 2.91. The van der Waals surface area contributed by atoms with Crippen molar-refractivity contribution in [2.24, 2.45) is 0 Å². The summed E-state index contributed by atoms with van der Waals surface area (Å²) in [6.07, 6.45) is 0. The van der Waals surface area contributed by atoms with Gasteiger partial charge >= 0.3 is 8.19 Å². The van der Waals surface area contributed by atoms with Gasteiger partial charge in [0.2, 0.25) is 0 Å². The van der Waals surface area contributed by atoms with Gasteiger partial charge in [-0.15, -0.1) is 0 Å². The van der Waals surface area contributed by atoms with E-state index in [0.717, 1.165) is 5.56 Å². The Balaban J connectivity index is 3.02. The Labute approximate surface area is 82.8 Å². The smallest absolute Gasteiger partial charge is 0.0561 e. The summed E-state index contributed by atoms with van der Waals surface area (Å²) in [5.41, 5.74) is 0.831. The molecule has 0 fully saturated rings. The first-order valence-electron chi connectivity index (χ1n) is 4.30. The first-order chi connectivity index (χ1) is 6.21. The molecule has 0 aliphatic heterocycles. The molecule has 0 unspecified atom stereocenters. The quantitative estimate of drug-likeness (QED) is 0.621. The minimum Gasteiger partial charge on any atom is -0.0561 e. The van der Waals surface area contributed by atoms with E-state index in [9.17, 15) is 12.6 Å². The lowest BCUT2D eigenvalue weighted by Gasteiger charge is -2.18. The number of benzene rings is 1. The molecular formula is C10H13F3P+. The van der Waals surface area contributed by atoms with Crippen molar-refractivity contribution in [1.82, 2.24) is 0 Å². The zero-order valence-electron chi connectivity index (χ0n) is 8.39. The van der Waals surface area contributed by atoms with Crippen molar-refractivity contribution in [3.63, 3.8) is 0 Å². The molecule has 0 spiro atoms. The third kappa shape index (κ3) is 2.71. The van der Waals surface area contributed by atoms with E-state index in [-0.39, 0.29) is 5.41 Å². The third-order valence-electron chi connectivity index (χ3n) is 2.03. The van der Waals surface area contributed by atoms with Crippen LogP contribution >= 0.6 is 8.19 Å². The molecule has 0 atom stereocenters. The average Bonchev–Trinajstić information content (AvgIpc) is 2.01. The van der Waals surface area contributed by atoms with Gasteiger partial charge in [0.25, 0.3) is 0 Å². The van der Waals surface area contributed by atoms with Crippen molar-refractivity contribution in [3.05, 3.63) is 29.8 Å². The topological polar surface area (TPSA) is 0 Å². The molecule has 0 aliphatic rings. The first-order valence-corrected chi connectivity index (χ1v) is 5.76. The molecule has 1 aromatic carbocycles. The van der Waals surface area contributed by atoms with E-state index in [0.29, 0.717) is 0 Å². The normalized spacial score (nSPS) is 13.0. The van der Waals surface area contributed by atoms with Crippen LogP contribution in [0.15, 0.2) is 24.3 Å². The predicted octanol–water partition coefficient (Wildman–Crippen LogP) is 4.28. The van der Waals surface area contributed by atoms with Crippen LogP contribution in [-0.4, -0.2) is 0 Å². The highest BCUT2D eigenvalue weighted by atomic mass is 31.3. The van der Waals surface area contributed by atoms with E-state index in [2.05, 4.69) is 0 Å². The van der Waals surface area contributed by atoms with E-state index in [4.69, 9.17) is 0 Å². The highest BCUT2D eigenvalue weighted by Gasteiger charge is 2.46. The zero-order valence-corrected chi connectivity index (χ0v) is 9.28. The molecule has 0 N–H and O–H groups in total. The van der Waals surface area contributed by atoms with Crippen LogP contribution in [-0.2, 0) is 5.41 Å². The van der Waals surface area contributed by atoms with Crippen LogP contribution in [0, 0.1) is 0 Å². The van der Waals surface area contributed by atoms with Gasteiger partial charge in [0, 0.05) is 12.6 Å². The zero-order chi connectivity index (χ0) is 11.0. The lowest BCUT2D eigenvalue weighted by Crippen LogP contribution is -2.12. The Morgan fingerprint density at radius 2 is 1.36 bits per heavy atom. The molecule has 0 aliphatic carbocycles. The second kappa shape index (κ2) is 3.54. The minimum atomic E-state index is -5.34. The second-order valence-corrected chi connectivity index (χ2v) is 5.65. The van der Waals surface area contributed by atoms with E-state index in [1.54, 1.807) is 12.1 Å². The van der Waals surface area contributed by atoms with Gasteiger partial charge in [0.1, 0.15) is 0 Å². The fourth-order valence-corrected chi connectivity index (χ4v) is 1.62. The molecule has 0 saturated heterocycles. The van der Waals surface area contributed by atoms with Gasteiger partial charge < -0.3 is 0 Å². The molecule has 78 valence electrons. The van der Waals surface area contributed by atoms with Gasteiger partial charge in [-0.1, -0.05) is 32.9 Å². The van der Waals surface area contributed by atoms with Crippen LogP contribution in [0.3, 0.4) is 0 Å². The van der Waals surface area contributed by atoms with Gasteiger partial charge in [-0.3, -0.25) is 0 Å². The molecular weight excluding hydrogens is 208 g/mol. The van der Waals surface area contributed by atoms with Crippen LogP contribution in [0.2, 0.25) is 0 Å².